The molecule has 1 aliphatic heterocycles. The van der Waals surface area contributed by atoms with Crippen LogP contribution in [0.2, 0.25) is 0 Å². The van der Waals surface area contributed by atoms with Gasteiger partial charge in [0.1, 0.15) is 11.3 Å². The van der Waals surface area contributed by atoms with Crippen LogP contribution in [-0.2, 0) is 6.54 Å². The van der Waals surface area contributed by atoms with Gasteiger partial charge in [0, 0.05) is 31.6 Å². The molecule has 1 atom stereocenters. The van der Waals surface area contributed by atoms with Crippen molar-refractivity contribution in [1.29, 1.82) is 0 Å². The first-order valence-electron chi connectivity index (χ1n) is 10.0. The average molecular weight is 437 g/mol. The third-order valence-electron chi connectivity index (χ3n) is 5.30. The fraction of sp³-hybridized carbons (Fsp3) is 0.429. The van der Waals surface area contributed by atoms with E-state index in [4.69, 9.17) is 4.74 Å². The van der Waals surface area contributed by atoms with Crippen LogP contribution in [0, 0.1) is 18.7 Å². The summed E-state index contributed by atoms with van der Waals surface area (Å²) in [4.78, 5) is 8.86. The van der Waals surface area contributed by atoms with Crippen molar-refractivity contribution in [1.82, 2.24) is 19.9 Å². The van der Waals surface area contributed by atoms with Crippen molar-refractivity contribution in [3.05, 3.63) is 47.3 Å². The van der Waals surface area contributed by atoms with Gasteiger partial charge in [-0.2, -0.15) is 18.2 Å². The highest BCUT2D eigenvalue weighted by molar-refractivity contribution is 5.75. The van der Waals surface area contributed by atoms with Gasteiger partial charge >= 0.3 is 6.18 Å². The van der Waals surface area contributed by atoms with E-state index in [1.807, 2.05) is 0 Å². The van der Waals surface area contributed by atoms with E-state index in [1.165, 1.54) is 12.1 Å². The van der Waals surface area contributed by atoms with E-state index in [1.54, 1.807) is 29.7 Å². The van der Waals surface area contributed by atoms with Crippen LogP contribution in [0.3, 0.4) is 0 Å². The number of hydrogen-bond donors (Lipinski definition) is 2. The molecule has 166 valence electrons. The zero-order valence-corrected chi connectivity index (χ0v) is 17.1. The van der Waals surface area contributed by atoms with E-state index in [2.05, 4.69) is 20.6 Å². The molecule has 0 saturated carbocycles. The normalized spacial score (nSPS) is 15.7. The number of fused-ring (bicyclic) bond motifs is 1. The lowest BCUT2D eigenvalue weighted by atomic mass is 10.0. The molecular weight excluding hydrogens is 414 g/mol. The van der Waals surface area contributed by atoms with Gasteiger partial charge in [-0.05, 0) is 37.1 Å². The molecule has 0 aliphatic carbocycles. The second-order valence-electron chi connectivity index (χ2n) is 7.80. The Balaban J connectivity index is 1.68. The first kappa shape index (κ1) is 21.4. The van der Waals surface area contributed by atoms with E-state index in [0.717, 1.165) is 25.6 Å². The van der Waals surface area contributed by atoms with E-state index in [-0.39, 0.29) is 11.7 Å². The Hall–Kier alpha value is -2.88. The lowest BCUT2D eigenvalue weighted by Crippen LogP contribution is -2.45. The number of nitrogens with one attached hydrogen (secondary N) is 2. The SMILES string of the molecule is Cc1cc(Cn2c(NCC3CNC3)nc3ccc(OC(C)C(F)(F)F)nc32)ccc1F. The Labute approximate surface area is 176 Å². The predicted octanol–water partition coefficient (Wildman–Crippen LogP) is 3.89. The van der Waals surface area contributed by atoms with Crippen molar-refractivity contribution in [2.24, 2.45) is 5.92 Å². The van der Waals surface area contributed by atoms with Crippen LogP contribution in [-0.4, -0.2) is 46.4 Å². The molecule has 1 saturated heterocycles. The highest BCUT2D eigenvalue weighted by atomic mass is 19.4. The highest BCUT2D eigenvalue weighted by Gasteiger charge is 2.38. The molecule has 3 aromatic rings. The predicted molar refractivity (Wildman–Crippen MR) is 109 cm³/mol. The highest BCUT2D eigenvalue weighted by Crippen LogP contribution is 2.27. The largest absolute Gasteiger partial charge is 0.465 e. The van der Waals surface area contributed by atoms with Gasteiger partial charge in [-0.1, -0.05) is 12.1 Å². The van der Waals surface area contributed by atoms with E-state index in [9.17, 15) is 17.6 Å². The van der Waals surface area contributed by atoms with E-state index >= 15 is 0 Å². The van der Waals surface area contributed by atoms with Crippen molar-refractivity contribution in [3.63, 3.8) is 0 Å². The van der Waals surface area contributed by atoms with Gasteiger partial charge in [-0.15, -0.1) is 0 Å². The van der Waals surface area contributed by atoms with Gasteiger partial charge in [0.2, 0.25) is 11.8 Å². The van der Waals surface area contributed by atoms with Crippen LogP contribution in [0.4, 0.5) is 23.5 Å². The molecule has 0 radical (unpaired) electrons. The summed E-state index contributed by atoms with van der Waals surface area (Å²) in [5, 5.41) is 6.52. The molecule has 31 heavy (non-hydrogen) atoms. The number of halogens is 4. The summed E-state index contributed by atoms with van der Waals surface area (Å²) in [7, 11) is 0. The van der Waals surface area contributed by atoms with Gasteiger partial charge in [0.15, 0.2) is 11.8 Å². The summed E-state index contributed by atoms with van der Waals surface area (Å²) >= 11 is 0. The zero-order valence-electron chi connectivity index (χ0n) is 17.1. The summed E-state index contributed by atoms with van der Waals surface area (Å²) in [5.74, 6) is 0.590. The monoisotopic (exact) mass is 437 g/mol. The topological polar surface area (TPSA) is 64.0 Å². The molecular formula is C21H23F4N5O. The van der Waals surface area contributed by atoms with Crippen LogP contribution in [0.5, 0.6) is 5.88 Å². The maximum absolute atomic E-state index is 13.7. The van der Waals surface area contributed by atoms with Crippen LogP contribution < -0.4 is 15.4 Å². The second-order valence-corrected chi connectivity index (χ2v) is 7.80. The second kappa shape index (κ2) is 8.33. The molecule has 0 spiro atoms. The summed E-state index contributed by atoms with van der Waals surface area (Å²) < 4.78 is 59.1. The molecule has 1 aromatic carbocycles. The smallest absolute Gasteiger partial charge is 0.425 e. The lowest BCUT2D eigenvalue weighted by molar-refractivity contribution is -0.189. The molecule has 2 aromatic heterocycles. The number of imidazole rings is 1. The van der Waals surface area contributed by atoms with Crippen LogP contribution in [0.1, 0.15) is 18.1 Å². The summed E-state index contributed by atoms with van der Waals surface area (Å²) in [5.41, 5.74) is 2.25. The maximum Gasteiger partial charge on any atom is 0.425 e. The number of aromatic nitrogens is 3. The minimum atomic E-state index is -4.49. The minimum absolute atomic E-state index is 0.136. The molecule has 0 bridgehead atoms. The van der Waals surface area contributed by atoms with Crippen molar-refractivity contribution in [2.45, 2.75) is 32.7 Å². The zero-order chi connectivity index (χ0) is 22.2. The quantitative estimate of drug-likeness (QED) is 0.549. The molecule has 2 N–H and O–H groups in total. The lowest BCUT2D eigenvalue weighted by Gasteiger charge is -2.27. The summed E-state index contributed by atoms with van der Waals surface area (Å²) in [6.45, 7) is 5.47. The molecule has 0 amide bonds. The Morgan fingerprint density at radius 3 is 2.65 bits per heavy atom. The third kappa shape index (κ3) is 4.73. The van der Waals surface area contributed by atoms with E-state index < -0.39 is 12.3 Å². The molecule has 1 unspecified atom stereocenters. The number of ether oxygens (including phenoxy) is 1. The Bertz CT molecular complexity index is 1080. The van der Waals surface area contributed by atoms with Crippen molar-refractivity contribution >= 4 is 17.1 Å². The van der Waals surface area contributed by atoms with Gasteiger partial charge in [0.05, 0.1) is 6.54 Å². The van der Waals surface area contributed by atoms with Gasteiger partial charge in [-0.3, -0.25) is 4.57 Å². The first-order valence-corrected chi connectivity index (χ1v) is 10.0. The number of anilines is 1. The maximum atomic E-state index is 13.7. The van der Waals surface area contributed by atoms with E-state index in [0.29, 0.717) is 41.7 Å². The first-order chi connectivity index (χ1) is 14.7. The fourth-order valence-corrected chi connectivity index (χ4v) is 3.30. The average Bonchev–Trinajstić information content (AvgIpc) is 3.00. The number of hydrogen-bond acceptors (Lipinski definition) is 5. The molecule has 3 heterocycles. The van der Waals surface area contributed by atoms with Gasteiger partial charge < -0.3 is 15.4 Å². The molecule has 4 rings (SSSR count). The number of benzene rings is 1. The van der Waals surface area contributed by atoms with Crippen molar-refractivity contribution < 1.29 is 22.3 Å². The molecule has 10 heteroatoms. The Kier molecular flexibility index (Phi) is 5.74. The Morgan fingerprint density at radius 2 is 2.00 bits per heavy atom. The summed E-state index contributed by atoms with van der Waals surface area (Å²) in [6.07, 6.45) is -6.48. The number of pyridine rings is 1. The number of alkyl halides is 3. The van der Waals surface area contributed by atoms with Crippen molar-refractivity contribution in [2.75, 3.05) is 25.0 Å². The molecule has 6 nitrogen and oxygen atoms in total. The van der Waals surface area contributed by atoms with Gasteiger partial charge in [-0.25, -0.2) is 9.37 Å². The number of nitrogens with zero attached hydrogens (tertiary/aromatic N) is 3. The Morgan fingerprint density at radius 1 is 1.23 bits per heavy atom. The van der Waals surface area contributed by atoms with Crippen LogP contribution in [0.15, 0.2) is 30.3 Å². The van der Waals surface area contributed by atoms with Crippen LogP contribution >= 0.6 is 0 Å². The van der Waals surface area contributed by atoms with Crippen molar-refractivity contribution in [3.8, 4) is 5.88 Å². The van der Waals surface area contributed by atoms with Gasteiger partial charge in [0.25, 0.3) is 0 Å². The molecule has 1 fully saturated rings. The fourth-order valence-electron chi connectivity index (χ4n) is 3.30. The third-order valence-corrected chi connectivity index (χ3v) is 5.30. The number of aryl methyl sites for hydroxylation is 1. The van der Waals surface area contributed by atoms with Crippen LogP contribution in [0.25, 0.3) is 11.2 Å². The minimum Gasteiger partial charge on any atom is -0.465 e. The molecule has 1 aliphatic rings. The summed E-state index contributed by atoms with van der Waals surface area (Å²) in [6, 6.07) is 7.75. The standard InChI is InChI=1S/C21H23F4N5O/c1-12-7-14(3-4-16(12)22)11-30-19-17(28-20(30)27-10-15-8-26-9-15)5-6-18(29-19)31-13(2)21(23,24)25/h3-7,13,15,26H,8-11H2,1-2H3,(H,27,28). The number of rotatable bonds is 7.